The van der Waals surface area contributed by atoms with Gasteiger partial charge in [0.2, 0.25) is 0 Å². The van der Waals surface area contributed by atoms with Gasteiger partial charge < -0.3 is 20.1 Å². The largest absolute Gasteiger partial charge is 0.478 e. The van der Waals surface area contributed by atoms with Crippen LogP contribution in [0.2, 0.25) is 0 Å². The highest BCUT2D eigenvalue weighted by molar-refractivity contribution is 6.00. The number of amides is 2. The van der Waals surface area contributed by atoms with Crippen molar-refractivity contribution in [2.24, 2.45) is 0 Å². The third-order valence-corrected chi connectivity index (χ3v) is 3.22. The van der Waals surface area contributed by atoms with Gasteiger partial charge in [0.05, 0.1) is 17.4 Å². The summed E-state index contributed by atoms with van der Waals surface area (Å²) in [5, 5.41) is 11.5. The molecule has 108 valence electrons. The van der Waals surface area contributed by atoms with Gasteiger partial charge in [-0.2, -0.15) is 0 Å². The van der Waals surface area contributed by atoms with Gasteiger partial charge >= 0.3 is 12.0 Å². The van der Waals surface area contributed by atoms with Gasteiger partial charge in [-0.25, -0.2) is 14.0 Å². The molecule has 1 unspecified atom stereocenters. The number of hydrogen-bond acceptors (Lipinski definition) is 3. The number of nitrogens with one attached hydrogen (secondary N) is 1. The van der Waals surface area contributed by atoms with Gasteiger partial charge in [0, 0.05) is 20.2 Å². The first-order valence-corrected chi connectivity index (χ1v) is 6.13. The predicted molar refractivity (Wildman–Crippen MR) is 69.4 cm³/mol. The molecule has 0 radical (unpaired) electrons. The van der Waals surface area contributed by atoms with Crippen molar-refractivity contribution in [3.8, 4) is 0 Å². The van der Waals surface area contributed by atoms with E-state index in [0.29, 0.717) is 13.1 Å². The lowest BCUT2D eigenvalue weighted by Crippen LogP contribution is -2.34. The molecule has 0 saturated carbocycles. The fraction of sp³-hybridized carbons (Fsp3) is 0.385. The van der Waals surface area contributed by atoms with E-state index in [-0.39, 0.29) is 17.4 Å². The molecule has 1 aromatic carbocycles. The standard InChI is InChI=1S/C13H15FN2O4/c1-20-9-4-5-16(7-9)13(19)15-11-3-2-8(14)6-10(11)12(17)18/h2-3,6,9H,4-5,7H2,1H3,(H,15,19)(H,17,18). The van der Waals surface area contributed by atoms with Crippen LogP contribution in [0.5, 0.6) is 0 Å². The molecule has 2 rings (SSSR count). The number of benzene rings is 1. The summed E-state index contributed by atoms with van der Waals surface area (Å²) in [4.78, 5) is 24.6. The Bertz CT molecular complexity index is 535. The molecule has 7 heteroatoms. The molecule has 20 heavy (non-hydrogen) atoms. The third kappa shape index (κ3) is 3.05. The third-order valence-electron chi connectivity index (χ3n) is 3.22. The van der Waals surface area contributed by atoms with Crippen molar-refractivity contribution >= 4 is 17.7 Å². The van der Waals surface area contributed by atoms with Crippen molar-refractivity contribution in [3.63, 3.8) is 0 Å². The van der Waals surface area contributed by atoms with Crippen molar-refractivity contribution in [1.82, 2.24) is 4.90 Å². The number of carboxylic acids is 1. The fourth-order valence-corrected chi connectivity index (χ4v) is 2.10. The van der Waals surface area contributed by atoms with Gasteiger partial charge in [0.1, 0.15) is 5.82 Å². The molecule has 0 aliphatic carbocycles. The molecule has 1 aliphatic heterocycles. The Balaban J connectivity index is 2.10. The summed E-state index contributed by atoms with van der Waals surface area (Å²) >= 11 is 0. The second-order valence-corrected chi connectivity index (χ2v) is 4.52. The van der Waals surface area contributed by atoms with Crippen LogP contribution in [0.25, 0.3) is 0 Å². The number of halogens is 1. The molecule has 0 bridgehead atoms. The highest BCUT2D eigenvalue weighted by atomic mass is 19.1. The Labute approximate surface area is 115 Å². The van der Waals surface area contributed by atoms with Gasteiger partial charge in [-0.05, 0) is 24.6 Å². The summed E-state index contributed by atoms with van der Waals surface area (Å²) in [6, 6.07) is 2.79. The number of carbonyl (C=O) groups is 2. The van der Waals surface area contributed by atoms with Gasteiger partial charge in [-0.15, -0.1) is 0 Å². The molecule has 1 saturated heterocycles. The average Bonchev–Trinajstić information content (AvgIpc) is 2.89. The van der Waals surface area contributed by atoms with Crippen LogP contribution in [0.3, 0.4) is 0 Å². The number of ether oxygens (including phenoxy) is 1. The number of anilines is 1. The number of urea groups is 1. The molecule has 1 aromatic rings. The molecule has 6 nitrogen and oxygen atoms in total. The minimum absolute atomic E-state index is 0.00656. The molecule has 0 aromatic heterocycles. The number of aromatic carboxylic acids is 1. The van der Waals surface area contributed by atoms with Gasteiger partial charge in [-0.3, -0.25) is 0 Å². The molecule has 1 heterocycles. The van der Waals surface area contributed by atoms with Crippen LogP contribution >= 0.6 is 0 Å². The zero-order chi connectivity index (χ0) is 14.7. The summed E-state index contributed by atoms with van der Waals surface area (Å²) in [5.41, 5.74) is -0.203. The number of rotatable bonds is 3. The van der Waals surface area contributed by atoms with Crippen molar-refractivity contribution in [2.45, 2.75) is 12.5 Å². The van der Waals surface area contributed by atoms with E-state index in [0.717, 1.165) is 18.6 Å². The number of likely N-dealkylation sites (tertiary alicyclic amines) is 1. The molecule has 1 atom stereocenters. The summed E-state index contributed by atoms with van der Waals surface area (Å²) in [5.74, 6) is -1.96. The Morgan fingerprint density at radius 2 is 2.25 bits per heavy atom. The van der Waals surface area contributed by atoms with Crippen molar-refractivity contribution in [2.75, 3.05) is 25.5 Å². The maximum atomic E-state index is 13.0. The Morgan fingerprint density at radius 1 is 1.50 bits per heavy atom. The second kappa shape index (κ2) is 5.87. The van der Waals surface area contributed by atoms with Gasteiger partial charge in [-0.1, -0.05) is 0 Å². The summed E-state index contributed by atoms with van der Waals surface area (Å²) in [6.45, 7) is 0.986. The van der Waals surface area contributed by atoms with E-state index in [1.807, 2.05) is 0 Å². The lowest BCUT2D eigenvalue weighted by molar-refractivity contribution is 0.0697. The molecule has 0 spiro atoms. The summed E-state index contributed by atoms with van der Waals surface area (Å²) < 4.78 is 18.2. The van der Waals surface area contributed by atoms with Crippen LogP contribution < -0.4 is 5.32 Å². The van der Waals surface area contributed by atoms with Crippen LogP contribution in [-0.2, 0) is 4.74 Å². The maximum absolute atomic E-state index is 13.0. The Hall–Kier alpha value is -2.15. The predicted octanol–water partition coefficient (Wildman–Crippen LogP) is 1.78. The zero-order valence-electron chi connectivity index (χ0n) is 10.9. The van der Waals surface area contributed by atoms with Crippen LogP contribution in [0.1, 0.15) is 16.8 Å². The monoisotopic (exact) mass is 282 g/mol. The SMILES string of the molecule is COC1CCN(C(=O)Nc2ccc(F)cc2C(=O)O)C1. The van der Waals surface area contributed by atoms with Crippen LogP contribution in [0.4, 0.5) is 14.9 Å². The van der Waals surface area contributed by atoms with E-state index in [2.05, 4.69) is 5.32 Å². The van der Waals surface area contributed by atoms with Crippen LogP contribution in [0.15, 0.2) is 18.2 Å². The second-order valence-electron chi connectivity index (χ2n) is 4.52. The van der Waals surface area contributed by atoms with Gasteiger partial charge in [0.15, 0.2) is 0 Å². The number of carboxylic acid groups (broad SMARTS) is 1. The summed E-state index contributed by atoms with van der Waals surface area (Å²) in [6.07, 6.45) is 0.729. The topological polar surface area (TPSA) is 78.9 Å². The van der Waals surface area contributed by atoms with Crippen LogP contribution in [-0.4, -0.2) is 48.3 Å². The molecule has 2 N–H and O–H groups in total. The molecule has 2 amide bonds. The van der Waals surface area contributed by atoms with E-state index >= 15 is 0 Å². The number of hydrogen-bond donors (Lipinski definition) is 2. The lowest BCUT2D eigenvalue weighted by Gasteiger charge is -2.18. The first-order valence-electron chi connectivity index (χ1n) is 6.13. The van der Waals surface area contributed by atoms with E-state index < -0.39 is 17.8 Å². The number of methoxy groups -OCH3 is 1. The van der Waals surface area contributed by atoms with E-state index in [4.69, 9.17) is 9.84 Å². The minimum Gasteiger partial charge on any atom is -0.478 e. The normalized spacial score (nSPS) is 18.1. The first-order chi connectivity index (χ1) is 9.51. The molecule has 1 fully saturated rings. The van der Waals surface area contributed by atoms with E-state index in [1.54, 1.807) is 7.11 Å². The zero-order valence-corrected chi connectivity index (χ0v) is 10.9. The number of nitrogens with zero attached hydrogens (tertiary/aromatic N) is 1. The molecular formula is C13H15FN2O4. The van der Waals surface area contributed by atoms with Crippen molar-refractivity contribution < 1.29 is 23.8 Å². The van der Waals surface area contributed by atoms with E-state index in [1.165, 1.54) is 11.0 Å². The smallest absolute Gasteiger partial charge is 0.337 e. The first kappa shape index (κ1) is 14.3. The highest BCUT2D eigenvalue weighted by Crippen LogP contribution is 2.19. The van der Waals surface area contributed by atoms with E-state index in [9.17, 15) is 14.0 Å². The quantitative estimate of drug-likeness (QED) is 0.885. The number of carbonyl (C=O) groups excluding carboxylic acids is 1. The van der Waals surface area contributed by atoms with Crippen molar-refractivity contribution in [1.29, 1.82) is 0 Å². The van der Waals surface area contributed by atoms with Gasteiger partial charge in [0.25, 0.3) is 0 Å². The lowest BCUT2D eigenvalue weighted by atomic mass is 10.1. The highest BCUT2D eigenvalue weighted by Gasteiger charge is 2.26. The summed E-state index contributed by atoms with van der Waals surface area (Å²) in [7, 11) is 1.58. The fourth-order valence-electron chi connectivity index (χ4n) is 2.10. The van der Waals surface area contributed by atoms with Crippen molar-refractivity contribution in [3.05, 3.63) is 29.6 Å². The maximum Gasteiger partial charge on any atom is 0.337 e. The Kier molecular flexibility index (Phi) is 4.19. The Morgan fingerprint density at radius 3 is 2.85 bits per heavy atom. The van der Waals surface area contributed by atoms with Crippen LogP contribution in [0, 0.1) is 5.82 Å². The molecular weight excluding hydrogens is 267 g/mol. The average molecular weight is 282 g/mol. The molecule has 1 aliphatic rings. The minimum atomic E-state index is -1.30.